The molecule has 0 spiro atoms. The van der Waals surface area contributed by atoms with Crippen LogP contribution in [-0.4, -0.2) is 13.0 Å². The second kappa shape index (κ2) is 4.59. The zero-order valence-corrected chi connectivity index (χ0v) is 11.1. The molecule has 0 saturated carbocycles. The summed E-state index contributed by atoms with van der Waals surface area (Å²) in [6, 6.07) is 13.0. The fraction of sp³-hybridized carbons (Fsp3) is 0.133. The Bertz CT molecular complexity index is 654. The van der Waals surface area contributed by atoms with Crippen molar-refractivity contribution in [2.75, 3.05) is 12.4 Å². The molecule has 1 atom stereocenters. The molecule has 0 radical (unpaired) electrons. The first-order chi connectivity index (χ1) is 9.20. The van der Waals surface area contributed by atoms with Gasteiger partial charge in [-0.1, -0.05) is 29.8 Å². The van der Waals surface area contributed by atoms with E-state index >= 15 is 0 Å². The van der Waals surface area contributed by atoms with Crippen molar-refractivity contribution in [2.45, 2.75) is 5.92 Å². The zero-order valence-electron chi connectivity index (χ0n) is 10.3. The highest BCUT2D eigenvalue weighted by Gasteiger charge is 2.33. The topological polar surface area (TPSA) is 38.3 Å². The number of amides is 1. The van der Waals surface area contributed by atoms with Crippen molar-refractivity contribution in [3.63, 3.8) is 0 Å². The Morgan fingerprint density at radius 2 is 1.95 bits per heavy atom. The van der Waals surface area contributed by atoms with Gasteiger partial charge in [0.25, 0.3) is 0 Å². The van der Waals surface area contributed by atoms with Gasteiger partial charge in [-0.2, -0.15) is 0 Å². The fourth-order valence-corrected chi connectivity index (χ4v) is 2.63. The highest BCUT2D eigenvalue weighted by Crippen LogP contribution is 2.41. The molecule has 0 saturated heterocycles. The first kappa shape index (κ1) is 12.1. The zero-order chi connectivity index (χ0) is 13.4. The van der Waals surface area contributed by atoms with Crippen molar-refractivity contribution < 1.29 is 9.53 Å². The number of ether oxygens (including phenoxy) is 1. The molecule has 3 nitrogen and oxygen atoms in total. The Morgan fingerprint density at radius 3 is 2.74 bits per heavy atom. The first-order valence-corrected chi connectivity index (χ1v) is 6.31. The van der Waals surface area contributed by atoms with Crippen molar-refractivity contribution in [3.8, 4) is 5.75 Å². The number of hydrogen-bond donors (Lipinski definition) is 1. The van der Waals surface area contributed by atoms with Gasteiger partial charge in [0.05, 0.1) is 13.0 Å². The number of para-hydroxylation sites is 1. The maximum Gasteiger partial charge on any atom is 0.236 e. The van der Waals surface area contributed by atoms with Crippen LogP contribution in [0.5, 0.6) is 5.75 Å². The number of methoxy groups -OCH3 is 1. The molecule has 4 heteroatoms. The molecule has 1 aliphatic rings. The molecule has 1 heterocycles. The number of carbonyl (C=O) groups is 1. The molecule has 96 valence electrons. The van der Waals surface area contributed by atoms with Gasteiger partial charge in [0.15, 0.2) is 0 Å². The maximum atomic E-state index is 12.2. The smallest absolute Gasteiger partial charge is 0.236 e. The van der Waals surface area contributed by atoms with E-state index in [1.54, 1.807) is 25.3 Å². The predicted octanol–water partition coefficient (Wildman–Crippen LogP) is 3.43. The minimum atomic E-state index is -0.371. The van der Waals surface area contributed by atoms with Crippen LogP contribution in [0, 0.1) is 0 Å². The van der Waals surface area contributed by atoms with Gasteiger partial charge in [-0.15, -0.1) is 0 Å². The van der Waals surface area contributed by atoms with E-state index in [9.17, 15) is 4.79 Å². The molecular weight excluding hydrogens is 262 g/mol. The van der Waals surface area contributed by atoms with E-state index in [2.05, 4.69) is 5.32 Å². The Hall–Kier alpha value is -2.00. The van der Waals surface area contributed by atoms with Crippen LogP contribution in [-0.2, 0) is 4.79 Å². The number of benzene rings is 2. The number of hydrogen-bond acceptors (Lipinski definition) is 2. The van der Waals surface area contributed by atoms with E-state index in [4.69, 9.17) is 16.3 Å². The van der Waals surface area contributed by atoms with Crippen LogP contribution >= 0.6 is 11.6 Å². The van der Waals surface area contributed by atoms with Crippen molar-refractivity contribution in [1.29, 1.82) is 0 Å². The Morgan fingerprint density at radius 1 is 1.16 bits per heavy atom. The van der Waals surface area contributed by atoms with Crippen LogP contribution in [0.25, 0.3) is 0 Å². The minimum Gasteiger partial charge on any atom is -0.496 e. The number of rotatable bonds is 2. The molecule has 0 aliphatic carbocycles. The van der Waals surface area contributed by atoms with E-state index in [1.165, 1.54) is 0 Å². The van der Waals surface area contributed by atoms with E-state index in [0.29, 0.717) is 10.8 Å². The van der Waals surface area contributed by atoms with Gasteiger partial charge < -0.3 is 10.1 Å². The van der Waals surface area contributed by atoms with Crippen molar-refractivity contribution >= 4 is 23.2 Å². The van der Waals surface area contributed by atoms with Gasteiger partial charge in [-0.3, -0.25) is 4.79 Å². The summed E-state index contributed by atoms with van der Waals surface area (Å²) >= 11 is 6.04. The second-order valence-electron chi connectivity index (χ2n) is 4.40. The SMILES string of the molecule is COc1ccc(Cl)cc1[C@H]1C(=O)Nc2ccccc21. The van der Waals surface area contributed by atoms with E-state index in [1.807, 2.05) is 24.3 Å². The van der Waals surface area contributed by atoms with Gasteiger partial charge in [-0.05, 0) is 29.8 Å². The summed E-state index contributed by atoms with van der Waals surface area (Å²) in [5.74, 6) is 0.243. The summed E-state index contributed by atoms with van der Waals surface area (Å²) in [6.07, 6.45) is 0. The number of fused-ring (bicyclic) bond motifs is 1. The summed E-state index contributed by atoms with van der Waals surface area (Å²) in [5.41, 5.74) is 2.59. The van der Waals surface area contributed by atoms with Gasteiger partial charge in [0.2, 0.25) is 5.91 Å². The van der Waals surface area contributed by atoms with Gasteiger partial charge in [0, 0.05) is 16.3 Å². The fourth-order valence-electron chi connectivity index (χ4n) is 2.45. The molecule has 2 aromatic carbocycles. The van der Waals surface area contributed by atoms with Crippen LogP contribution in [0.1, 0.15) is 17.0 Å². The first-order valence-electron chi connectivity index (χ1n) is 5.94. The van der Waals surface area contributed by atoms with E-state index in [-0.39, 0.29) is 11.8 Å². The molecule has 1 amide bonds. The molecule has 0 unspecified atom stereocenters. The molecule has 0 bridgehead atoms. The lowest BCUT2D eigenvalue weighted by Gasteiger charge is -2.14. The summed E-state index contributed by atoms with van der Waals surface area (Å²) in [7, 11) is 1.59. The third-order valence-electron chi connectivity index (χ3n) is 3.29. The highest BCUT2D eigenvalue weighted by molar-refractivity contribution is 6.30. The predicted molar refractivity (Wildman–Crippen MR) is 74.9 cm³/mol. The summed E-state index contributed by atoms with van der Waals surface area (Å²) in [4.78, 5) is 12.2. The average molecular weight is 274 g/mol. The molecule has 1 N–H and O–H groups in total. The largest absolute Gasteiger partial charge is 0.496 e. The summed E-state index contributed by atoms with van der Waals surface area (Å²) in [5, 5.41) is 3.47. The van der Waals surface area contributed by atoms with Gasteiger partial charge in [-0.25, -0.2) is 0 Å². The van der Waals surface area contributed by atoms with Crippen LogP contribution in [0.3, 0.4) is 0 Å². The number of halogens is 1. The molecule has 0 fully saturated rings. The molecule has 2 aromatic rings. The van der Waals surface area contributed by atoms with Crippen molar-refractivity contribution in [3.05, 3.63) is 58.6 Å². The third-order valence-corrected chi connectivity index (χ3v) is 3.53. The lowest BCUT2D eigenvalue weighted by molar-refractivity contribution is -0.116. The summed E-state index contributed by atoms with van der Waals surface area (Å²) < 4.78 is 5.34. The summed E-state index contributed by atoms with van der Waals surface area (Å²) in [6.45, 7) is 0. The van der Waals surface area contributed by atoms with Crippen LogP contribution in [0.2, 0.25) is 5.02 Å². The lowest BCUT2D eigenvalue weighted by Crippen LogP contribution is -2.14. The van der Waals surface area contributed by atoms with Gasteiger partial charge >= 0.3 is 0 Å². The molecule has 3 rings (SSSR count). The third kappa shape index (κ3) is 1.96. The highest BCUT2D eigenvalue weighted by atomic mass is 35.5. The molecular formula is C15H12ClNO2. The van der Waals surface area contributed by atoms with Crippen LogP contribution in [0.4, 0.5) is 5.69 Å². The minimum absolute atomic E-state index is 0.0539. The second-order valence-corrected chi connectivity index (χ2v) is 4.83. The normalized spacial score (nSPS) is 16.9. The van der Waals surface area contributed by atoms with Crippen LogP contribution < -0.4 is 10.1 Å². The number of carbonyl (C=O) groups excluding carboxylic acids is 1. The van der Waals surface area contributed by atoms with E-state index < -0.39 is 0 Å². The Balaban J connectivity index is 2.17. The number of anilines is 1. The molecule has 0 aromatic heterocycles. The Kier molecular flexibility index (Phi) is 2.91. The van der Waals surface area contributed by atoms with Gasteiger partial charge in [0.1, 0.15) is 5.75 Å². The van der Waals surface area contributed by atoms with Crippen molar-refractivity contribution in [2.24, 2.45) is 0 Å². The lowest BCUT2D eigenvalue weighted by atomic mass is 9.92. The number of nitrogens with one attached hydrogen (secondary N) is 1. The molecule has 19 heavy (non-hydrogen) atoms. The standard InChI is InChI=1S/C15H12ClNO2/c1-19-13-7-6-9(16)8-11(13)14-10-4-2-3-5-12(10)17-15(14)18/h2-8,14H,1H3,(H,17,18)/t14-/m0/s1. The van der Waals surface area contributed by atoms with Crippen LogP contribution in [0.15, 0.2) is 42.5 Å². The monoisotopic (exact) mass is 273 g/mol. The average Bonchev–Trinajstić information content (AvgIpc) is 2.74. The molecule has 1 aliphatic heterocycles. The maximum absolute atomic E-state index is 12.2. The Labute approximate surface area is 116 Å². The van der Waals surface area contributed by atoms with E-state index in [0.717, 1.165) is 16.8 Å². The quantitative estimate of drug-likeness (QED) is 0.910. The van der Waals surface area contributed by atoms with Crippen molar-refractivity contribution in [1.82, 2.24) is 0 Å².